The molecule has 0 aliphatic heterocycles. The molecule has 21 heavy (non-hydrogen) atoms. The second kappa shape index (κ2) is 5.75. The Morgan fingerprint density at radius 2 is 1.81 bits per heavy atom. The van der Waals surface area contributed by atoms with E-state index in [1.165, 1.54) is 31.2 Å². The number of hydrogen-bond acceptors (Lipinski definition) is 2. The smallest absolute Gasteiger partial charge is 0.336 e. The SMILES string of the molecule is Cc1c(C(=O)O)ccc(Cc2cccc(F)c2)c1C(=O)O. The van der Waals surface area contributed by atoms with Crippen LogP contribution in [-0.2, 0) is 6.42 Å². The number of hydrogen-bond donors (Lipinski definition) is 2. The Hall–Kier alpha value is -2.69. The molecule has 0 aromatic heterocycles. The fourth-order valence-corrected chi connectivity index (χ4v) is 2.31. The zero-order chi connectivity index (χ0) is 15.6. The van der Waals surface area contributed by atoms with Gasteiger partial charge < -0.3 is 10.2 Å². The van der Waals surface area contributed by atoms with Gasteiger partial charge in [-0.1, -0.05) is 18.2 Å². The molecule has 4 nitrogen and oxygen atoms in total. The third-order valence-electron chi connectivity index (χ3n) is 3.28. The molecule has 0 unspecified atom stereocenters. The lowest BCUT2D eigenvalue weighted by Gasteiger charge is -2.11. The van der Waals surface area contributed by atoms with Gasteiger partial charge in [0.05, 0.1) is 11.1 Å². The summed E-state index contributed by atoms with van der Waals surface area (Å²) in [6.07, 6.45) is 0.222. The van der Waals surface area contributed by atoms with Gasteiger partial charge in [-0.05, 0) is 48.2 Å². The summed E-state index contributed by atoms with van der Waals surface area (Å²) in [7, 11) is 0. The van der Waals surface area contributed by atoms with Gasteiger partial charge in [0.25, 0.3) is 0 Å². The van der Waals surface area contributed by atoms with Crippen molar-refractivity contribution in [3.05, 3.63) is 70.0 Å². The van der Waals surface area contributed by atoms with Gasteiger partial charge in [-0.2, -0.15) is 0 Å². The van der Waals surface area contributed by atoms with Crippen LogP contribution >= 0.6 is 0 Å². The van der Waals surface area contributed by atoms with E-state index in [0.717, 1.165) is 0 Å². The lowest BCUT2D eigenvalue weighted by molar-refractivity contribution is 0.0695. The molecular weight excluding hydrogens is 275 g/mol. The van der Waals surface area contributed by atoms with E-state index in [1.807, 2.05) is 0 Å². The maximum absolute atomic E-state index is 13.2. The summed E-state index contributed by atoms with van der Waals surface area (Å²) in [5, 5.41) is 18.4. The Kier molecular flexibility index (Phi) is 4.03. The predicted molar refractivity (Wildman–Crippen MR) is 74.3 cm³/mol. The molecule has 2 aromatic rings. The van der Waals surface area contributed by atoms with Crippen LogP contribution in [0.4, 0.5) is 4.39 Å². The minimum atomic E-state index is -1.19. The summed E-state index contributed by atoms with van der Waals surface area (Å²) in [6, 6.07) is 8.70. The van der Waals surface area contributed by atoms with E-state index in [0.29, 0.717) is 11.1 Å². The molecule has 0 aliphatic rings. The summed E-state index contributed by atoms with van der Waals surface area (Å²) in [5.41, 5.74) is 1.19. The molecule has 2 aromatic carbocycles. The molecule has 0 bridgehead atoms. The Morgan fingerprint density at radius 3 is 2.38 bits per heavy atom. The van der Waals surface area contributed by atoms with Crippen LogP contribution in [0.3, 0.4) is 0 Å². The third-order valence-corrected chi connectivity index (χ3v) is 3.28. The highest BCUT2D eigenvalue weighted by Crippen LogP contribution is 2.22. The van der Waals surface area contributed by atoms with Gasteiger partial charge in [0, 0.05) is 0 Å². The van der Waals surface area contributed by atoms with Crippen molar-refractivity contribution >= 4 is 11.9 Å². The van der Waals surface area contributed by atoms with Crippen LogP contribution in [0.25, 0.3) is 0 Å². The first-order valence-electron chi connectivity index (χ1n) is 6.23. The highest BCUT2D eigenvalue weighted by atomic mass is 19.1. The number of carboxylic acids is 2. The fourth-order valence-electron chi connectivity index (χ4n) is 2.31. The molecule has 0 saturated heterocycles. The van der Waals surface area contributed by atoms with E-state index in [1.54, 1.807) is 12.1 Å². The average Bonchev–Trinajstić information content (AvgIpc) is 2.37. The highest BCUT2D eigenvalue weighted by molar-refractivity contribution is 5.97. The van der Waals surface area contributed by atoms with Gasteiger partial charge in [-0.3, -0.25) is 0 Å². The van der Waals surface area contributed by atoms with Crippen molar-refractivity contribution in [3.63, 3.8) is 0 Å². The minimum absolute atomic E-state index is 0.0424. The Labute approximate surface area is 120 Å². The van der Waals surface area contributed by atoms with Crippen LogP contribution in [0.5, 0.6) is 0 Å². The van der Waals surface area contributed by atoms with Gasteiger partial charge in [0.2, 0.25) is 0 Å². The van der Waals surface area contributed by atoms with Gasteiger partial charge in [-0.25, -0.2) is 14.0 Å². The number of rotatable bonds is 4. The van der Waals surface area contributed by atoms with E-state index < -0.39 is 17.8 Å². The topological polar surface area (TPSA) is 74.6 Å². The molecule has 0 saturated carbocycles. The molecular formula is C16H13FO4. The minimum Gasteiger partial charge on any atom is -0.478 e. The molecule has 108 valence electrons. The van der Waals surface area contributed by atoms with Crippen molar-refractivity contribution in [2.24, 2.45) is 0 Å². The zero-order valence-electron chi connectivity index (χ0n) is 11.3. The zero-order valence-corrected chi connectivity index (χ0v) is 11.3. The molecule has 0 spiro atoms. The van der Waals surface area contributed by atoms with E-state index in [9.17, 15) is 19.1 Å². The second-order valence-corrected chi connectivity index (χ2v) is 4.69. The largest absolute Gasteiger partial charge is 0.478 e. The van der Waals surface area contributed by atoms with Gasteiger partial charge in [0.15, 0.2) is 0 Å². The number of carboxylic acid groups (broad SMARTS) is 2. The van der Waals surface area contributed by atoms with Crippen molar-refractivity contribution in [1.82, 2.24) is 0 Å². The first-order chi connectivity index (χ1) is 9.90. The van der Waals surface area contributed by atoms with Gasteiger partial charge in [0.1, 0.15) is 5.82 Å². The highest BCUT2D eigenvalue weighted by Gasteiger charge is 2.19. The third kappa shape index (κ3) is 3.08. The van der Waals surface area contributed by atoms with Crippen molar-refractivity contribution in [3.8, 4) is 0 Å². The number of aromatic carboxylic acids is 2. The monoisotopic (exact) mass is 288 g/mol. The summed E-state index contributed by atoms with van der Waals surface area (Å²) >= 11 is 0. The van der Waals surface area contributed by atoms with Crippen LogP contribution in [0.1, 0.15) is 37.4 Å². The molecule has 0 aliphatic carbocycles. The standard InChI is InChI=1S/C16H13FO4/c1-9-13(15(18)19)6-5-11(14(9)16(20)21)7-10-3-2-4-12(17)8-10/h2-6,8H,7H2,1H3,(H,18,19)(H,20,21). The van der Waals surface area contributed by atoms with Crippen molar-refractivity contribution in [2.75, 3.05) is 0 Å². The number of benzene rings is 2. The molecule has 5 heteroatoms. The molecule has 0 radical (unpaired) electrons. The molecule has 0 heterocycles. The summed E-state index contributed by atoms with van der Waals surface area (Å²) < 4.78 is 13.2. The maximum Gasteiger partial charge on any atom is 0.336 e. The number of carbonyl (C=O) groups is 2. The van der Waals surface area contributed by atoms with E-state index in [4.69, 9.17) is 5.11 Å². The predicted octanol–water partition coefficient (Wildman–Crippen LogP) is 3.12. The quantitative estimate of drug-likeness (QED) is 0.906. The van der Waals surface area contributed by atoms with Crippen LogP contribution in [0, 0.1) is 12.7 Å². The van der Waals surface area contributed by atoms with Crippen molar-refractivity contribution in [1.29, 1.82) is 0 Å². The first kappa shape index (κ1) is 14.7. The van der Waals surface area contributed by atoms with Crippen LogP contribution in [0.15, 0.2) is 36.4 Å². The Balaban J connectivity index is 2.51. The second-order valence-electron chi connectivity index (χ2n) is 4.69. The number of halogens is 1. The molecule has 0 atom stereocenters. The summed E-state index contributed by atoms with van der Waals surface area (Å²) in [5.74, 6) is -2.77. The normalized spacial score (nSPS) is 10.4. The van der Waals surface area contributed by atoms with E-state index >= 15 is 0 Å². The average molecular weight is 288 g/mol. The van der Waals surface area contributed by atoms with Gasteiger partial charge >= 0.3 is 11.9 Å². The van der Waals surface area contributed by atoms with Crippen molar-refractivity contribution in [2.45, 2.75) is 13.3 Å². The molecule has 0 fully saturated rings. The van der Waals surface area contributed by atoms with Crippen LogP contribution in [-0.4, -0.2) is 22.2 Å². The molecule has 0 amide bonds. The van der Waals surface area contributed by atoms with Crippen molar-refractivity contribution < 1.29 is 24.2 Å². The van der Waals surface area contributed by atoms with Crippen LogP contribution in [0.2, 0.25) is 0 Å². The van der Waals surface area contributed by atoms with Crippen LogP contribution < -0.4 is 0 Å². The lowest BCUT2D eigenvalue weighted by Crippen LogP contribution is -2.11. The van der Waals surface area contributed by atoms with Gasteiger partial charge in [-0.15, -0.1) is 0 Å². The van der Waals surface area contributed by atoms with E-state index in [2.05, 4.69) is 0 Å². The maximum atomic E-state index is 13.2. The molecule has 2 N–H and O–H groups in total. The Morgan fingerprint density at radius 1 is 1.10 bits per heavy atom. The Bertz CT molecular complexity index is 722. The lowest BCUT2D eigenvalue weighted by atomic mass is 9.93. The summed E-state index contributed by atoms with van der Waals surface area (Å²) in [4.78, 5) is 22.5. The first-order valence-corrected chi connectivity index (χ1v) is 6.23. The van der Waals surface area contributed by atoms with E-state index in [-0.39, 0.29) is 23.1 Å². The summed E-state index contributed by atoms with van der Waals surface area (Å²) in [6.45, 7) is 1.46. The fraction of sp³-hybridized carbons (Fsp3) is 0.125. The molecule has 2 rings (SSSR count).